The molecule has 1 saturated heterocycles. The van der Waals surface area contributed by atoms with E-state index in [9.17, 15) is 19.5 Å². The number of para-hydroxylation sites is 1. The maximum Gasteiger partial charge on any atom is 0.323 e. The van der Waals surface area contributed by atoms with Crippen molar-refractivity contribution >= 4 is 17.8 Å². The number of phenolic OH excluding ortho intramolecular Hbond substituents is 1. The molecule has 0 radical (unpaired) electrons. The van der Waals surface area contributed by atoms with Crippen LogP contribution in [0.4, 0.5) is 0 Å². The van der Waals surface area contributed by atoms with E-state index in [1.165, 1.54) is 11.8 Å². The van der Waals surface area contributed by atoms with Crippen LogP contribution in [-0.4, -0.2) is 63.5 Å². The van der Waals surface area contributed by atoms with Gasteiger partial charge in [-0.2, -0.15) is 0 Å². The van der Waals surface area contributed by atoms with Crippen molar-refractivity contribution in [3.63, 3.8) is 0 Å². The van der Waals surface area contributed by atoms with Crippen LogP contribution in [0.3, 0.4) is 0 Å². The van der Waals surface area contributed by atoms with E-state index >= 15 is 0 Å². The molecule has 2 amide bonds. The highest BCUT2D eigenvalue weighted by Crippen LogP contribution is 2.25. The summed E-state index contributed by atoms with van der Waals surface area (Å²) in [4.78, 5) is 38.5. The van der Waals surface area contributed by atoms with E-state index in [0.29, 0.717) is 37.9 Å². The smallest absolute Gasteiger partial charge is 0.323 e. The van der Waals surface area contributed by atoms with Crippen LogP contribution in [0.2, 0.25) is 0 Å². The van der Waals surface area contributed by atoms with Crippen molar-refractivity contribution in [2.75, 3.05) is 19.6 Å². The minimum absolute atomic E-state index is 0.00969. The number of aryl methyl sites for hydroxylation is 1. The third kappa shape index (κ3) is 4.49. The number of hydrogen-bond acceptors (Lipinski definition) is 4. The number of rotatable bonds is 4. The lowest BCUT2D eigenvalue weighted by Crippen LogP contribution is -2.43. The molecule has 1 atom stereocenters. The molecular weight excluding hydrogens is 324 g/mol. The van der Waals surface area contributed by atoms with Crippen LogP contribution in [0, 0.1) is 6.92 Å². The summed E-state index contributed by atoms with van der Waals surface area (Å²) < 4.78 is 0. The van der Waals surface area contributed by atoms with Crippen molar-refractivity contribution < 1.29 is 24.6 Å². The minimum Gasteiger partial charge on any atom is -0.507 e. The number of nitrogens with zero attached hydrogens (tertiary/aromatic N) is 2. The number of aliphatic carboxylic acids is 1. The fourth-order valence-corrected chi connectivity index (χ4v) is 3.24. The van der Waals surface area contributed by atoms with E-state index in [2.05, 4.69) is 0 Å². The van der Waals surface area contributed by atoms with Crippen molar-refractivity contribution in [3.05, 3.63) is 29.3 Å². The van der Waals surface area contributed by atoms with Gasteiger partial charge in [-0.15, -0.1) is 0 Å². The fourth-order valence-electron chi connectivity index (χ4n) is 3.24. The predicted octanol–water partition coefficient (Wildman–Crippen LogP) is 1.63. The highest BCUT2D eigenvalue weighted by atomic mass is 16.4. The molecule has 1 heterocycles. The normalized spacial score (nSPS) is 17.7. The third-order valence-electron chi connectivity index (χ3n) is 4.60. The van der Waals surface area contributed by atoms with Gasteiger partial charge in [0.2, 0.25) is 5.91 Å². The number of carboxylic acids is 1. The largest absolute Gasteiger partial charge is 0.507 e. The van der Waals surface area contributed by atoms with E-state index in [-0.39, 0.29) is 35.7 Å². The minimum atomic E-state index is -1.04. The number of aromatic hydroxyl groups is 1. The quantitative estimate of drug-likeness (QED) is 0.862. The first-order valence-corrected chi connectivity index (χ1v) is 8.38. The molecule has 1 aromatic rings. The number of carboxylic acid groups (broad SMARTS) is 1. The molecule has 1 unspecified atom stereocenters. The summed E-state index contributed by atoms with van der Waals surface area (Å²) in [6.07, 6.45) is 1.84. The molecule has 2 N–H and O–H groups in total. The van der Waals surface area contributed by atoms with Gasteiger partial charge in [-0.1, -0.05) is 12.1 Å². The average Bonchev–Trinajstić information content (AvgIpc) is 2.80. The molecule has 0 aliphatic carbocycles. The molecule has 0 bridgehead atoms. The SMILES string of the molecule is CC(=O)N(CC(=O)O)C1CCCN(C(=O)c2cccc(C)c2O)CC1. The molecule has 7 nitrogen and oxygen atoms in total. The first-order chi connectivity index (χ1) is 11.8. The Bertz CT molecular complexity index is 673. The van der Waals surface area contributed by atoms with Crippen LogP contribution in [-0.2, 0) is 9.59 Å². The summed E-state index contributed by atoms with van der Waals surface area (Å²) in [5, 5.41) is 19.1. The topological polar surface area (TPSA) is 98.2 Å². The number of carbonyl (C=O) groups excluding carboxylic acids is 2. The number of likely N-dealkylation sites (tertiary alicyclic amines) is 1. The van der Waals surface area contributed by atoms with E-state index in [1.807, 2.05) is 0 Å². The van der Waals surface area contributed by atoms with Crippen LogP contribution in [0.25, 0.3) is 0 Å². The summed E-state index contributed by atoms with van der Waals surface area (Å²) in [6.45, 7) is 3.71. The maximum atomic E-state index is 12.7. The van der Waals surface area contributed by atoms with Crippen LogP contribution < -0.4 is 0 Å². The summed E-state index contributed by atoms with van der Waals surface area (Å²) in [5.41, 5.74) is 0.912. The molecule has 1 aromatic carbocycles. The van der Waals surface area contributed by atoms with Crippen LogP contribution in [0.15, 0.2) is 18.2 Å². The Kier molecular flexibility index (Phi) is 6.01. The lowest BCUT2D eigenvalue weighted by Gasteiger charge is -2.29. The molecule has 0 aromatic heterocycles. The summed E-state index contributed by atoms with van der Waals surface area (Å²) in [6, 6.07) is 4.87. The average molecular weight is 348 g/mol. The molecule has 25 heavy (non-hydrogen) atoms. The van der Waals surface area contributed by atoms with Gasteiger partial charge < -0.3 is 20.0 Å². The zero-order valence-electron chi connectivity index (χ0n) is 14.6. The molecular formula is C18H24N2O5. The van der Waals surface area contributed by atoms with Gasteiger partial charge in [-0.25, -0.2) is 0 Å². The zero-order valence-corrected chi connectivity index (χ0v) is 14.6. The zero-order chi connectivity index (χ0) is 18.6. The van der Waals surface area contributed by atoms with Crippen LogP contribution in [0.5, 0.6) is 5.75 Å². The maximum absolute atomic E-state index is 12.7. The lowest BCUT2D eigenvalue weighted by atomic mass is 10.1. The van der Waals surface area contributed by atoms with Gasteiger partial charge in [0, 0.05) is 26.1 Å². The predicted molar refractivity (Wildman–Crippen MR) is 91.4 cm³/mol. The van der Waals surface area contributed by atoms with Gasteiger partial charge in [-0.3, -0.25) is 14.4 Å². The Labute approximate surface area is 146 Å². The Hall–Kier alpha value is -2.57. The number of carbonyl (C=O) groups is 3. The first-order valence-electron chi connectivity index (χ1n) is 8.38. The standard InChI is InChI=1S/C18H24N2O5/c1-12-5-3-7-15(17(12)24)18(25)19-9-4-6-14(8-10-19)20(13(2)21)11-16(22)23/h3,5,7,14,24H,4,6,8-11H2,1-2H3,(H,22,23). The molecule has 0 spiro atoms. The highest BCUT2D eigenvalue weighted by Gasteiger charge is 2.28. The van der Waals surface area contributed by atoms with Crippen molar-refractivity contribution in [2.24, 2.45) is 0 Å². The van der Waals surface area contributed by atoms with Crippen molar-refractivity contribution in [3.8, 4) is 5.75 Å². The summed E-state index contributed by atoms with van der Waals surface area (Å²) in [7, 11) is 0. The van der Waals surface area contributed by atoms with Gasteiger partial charge in [0.15, 0.2) is 0 Å². The monoisotopic (exact) mass is 348 g/mol. The highest BCUT2D eigenvalue weighted by molar-refractivity contribution is 5.97. The second-order valence-electron chi connectivity index (χ2n) is 6.39. The number of benzene rings is 1. The molecule has 0 saturated carbocycles. The molecule has 1 fully saturated rings. The van der Waals surface area contributed by atoms with Gasteiger partial charge >= 0.3 is 5.97 Å². The second-order valence-corrected chi connectivity index (χ2v) is 6.39. The van der Waals surface area contributed by atoms with Gasteiger partial charge in [0.25, 0.3) is 5.91 Å². The molecule has 2 rings (SSSR count). The van der Waals surface area contributed by atoms with Crippen molar-refractivity contribution in [1.82, 2.24) is 9.80 Å². The van der Waals surface area contributed by atoms with Crippen LogP contribution >= 0.6 is 0 Å². The van der Waals surface area contributed by atoms with Gasteiger partial charge in [0.1, 0.15) is 12.3 Å². The Morgan fingerprint density at radius 3 is 2.60 bits per heavy atom. The molecule has 1 aliphatic heterocycles. The third-order valence-corrected chi connectivity index (χ3v) is 4.60. The summed E-state index contributed by atoms with van der Waals surface area (Å²) >= 11 is 0. The Morgan fingerprint density at radius 1 is 1.24 bits per heavy atom. The lowest BCUT2D eigenvalue weighted by molar-refractivity contribution is -0.145. The molecule has 7 heteroatoms. The second kappa shape index (κ2) is 8.00. The van der Waals surface area contributed by atoms with Crippen molar-refractivity contribution in [1.29, 1.82) is 0 Å². The van der Waals surface area contributed by atoms with Gasteiger partial charge in [-0.05, 0) is 37.8 Å². The first kappa shape index (κ1) is 18.8. The Balaban J connectivity index is 2.10. The fraction of sp³-hybridized carbons (Fsp3) is 0.500. The summed E-state index contributed by atoms with van der Waals surface area (Å²) in [5.74, 6) is -1.57. The van der Waals surface area contributed by atoms with E-state index in [1.54, 1.807) is 30.0 Å². The van der Waals surface area contributed by atoms with E-state index < -0.39 is 5.97 Å². The number of phenols is 1. The van der Waals surface area contributed by atoms with Crippen LogP contribution in [0.1, 0.15) is 42.1 Å². The van der Waals surface area contributed by atoms with E-state index in [0.717, 1.165) is 0 Å². The molecule has 1 aliphatic rings. The number of amides is 2. The van der Waals surface area contributed by atoms with Crippen molar-refractivity contribution in [2.45, 2.75) is 39.2 Å². The van der Waals surface area contributed by atoms with Gasteiger partial charge in [0.05, 0.1) is 5.56 Å². The van der Waals surface area contributed by atoms with E-state index in [4.69, 9.17) is 5.11 Å². The molecule has 136 valence electrons. The Morgan fingerprint density at radius 2 is 1.96 bits per heavy atom. The number of hydrogen-bond donors (Lipinski definition) is 2.